The molecule has 0 atom stereocenters. The Balaban J connectivity index is 2.05. The van der Waals surface area contributed by atoms with E-state index >= 15 is 0 Å². The second-order valence-electron chi connectivity index (χ2n) is 6.02. The zero-order chi connectivity index (χ0) is 17.5. The predicted octanol–water partition coefficient (Wildman–Crippen LogP) is 1.59. The standard InChI is InChI=1S/C18H30N4O2/c1-6-21(3)10-8-20-18(19-2)22-9-7-14-11-16(23-4)17(24-5)12-15(14)13-22/h11-12H,6-10,13H2,1-5H3,(H,19,20). The molecule has 6 heteroatoms. The molecule has 1 heterocycles. The summed E-state index contributed by atoms with van der Waals surface area (Å²) < 4.78 is 10.8. The van der Waals surface area contributed by atoms with Crippen molar-refractivity contribution < 1.29 is 9.47 Å². The molecule has 0 unspecified atom stereocenters. The minimum atomic E-state index is 0.783. The molecule has 1 aromatic carbocycles. The summed E-state index contributed by atoms with van der Waals surface area (Å²) in [7, 11) is 7.32. The maximum Gasteiger partial charge on any atom is 0.194 e. The van der Waals surface area contributed by atoms with Gasteiger partial charge in [0.25, 0.3) is 0 Å². The first-order chi connectivity index (χ1) is 11.6. The van der Waals surface area contributed by atoms with Gasteiger partial charge in [-0.15, -0.1) is 0 Å². The second-order valence-corrected chi connectivity index (χ2v) is 6.02. The molecule has 1 aliphatic heterocycles. The smallest absolute Gasteiger partial charge is 0.194 e. The summed E-state index contributed by atoms with van der Waals surface area (Å²) in [4.78, 5) is 9.01. The monoisotopic (exact) mass is 334 g/mol. The minimum Gasteiger partial charge on any atom is -0.493 e. The topological polar surface area (TPSA) is 49.3 Å². The third-order valence-corrected chi connectivity index (χ3v) is 4.55. The van der Waals surface area contributed by atoms with E-state index < -0.39 is 0 Å². The average molecular weight is 334 g/mol. The van der Waals surface area contributed by atoms with E-state index in [0.29, 0.717) is 0 Å². The third kappa shape index (κ3) is 4.32. The molecular weight excluding hydrogens is 304 g/mol. The van der Waals surface area contributed by atoms with Gasteiger partial charge in [0.1, 0.15) is 0 Å². The SMILES string of the molecule is CCN(C)CCNC(=NC)N1CCc2cc(OC)c(OC)cc2C1. The van der Waals surface area contributed by atoms with Crippen LogP contribution in [0.15, 0.2) is 17.1 Å². The number of hydrogen-bond donors (Lipinski definition) is 1. The molecule has 1 aliphatic rings. The van der Waals surface area contributed by atoms with Gasteiger partial charge in [-0.25, -0.2) is 0 Å². The van der Waals surface area contributed by atoms with Crippen molar-refractivity contribution in [2.75, 3.05) is 54.5 Å². The Morgan fingerprint density at radius 1 is 1.25 bits per heavy atom. The number of nitrogens with one attached hydrogen (secondary N) is 1. The summed E-state index contributed by atoms with van der Waals surface area (Å²) >= 11 is 0. The Hall–Kier alpha value is -1.95. The number of guanidine groups is 1. The van der Waals surface area contributed by atoms with E-state index in [4.69, 9.17) is 9.47 Å². The fourth-order valence-corrected chi connectivity index (χ4v) is 2.91. The molecule has 0 aliphatic carbocycles. The van der Waals surface area contributed by atoms with Gasteiger partial charge >= 0.3 is 0 Å². The number of aliphatic imine (C=N–C) groups is 1. The molecule has 0 aromatic heterocycles. The lowest BCUT2D eigenvalue weighted by molar-refractivity contribution is 0.339. The van der Waals surface area contributed by atoms with Crippen molar-refractivity contribution in [3.63, 3.8) is 0 Å². The van der Waals surface area contributed by atoms with Crippen LogP contribution in [0.3, 0.4) is 0 Å². The van der Waals surface area contributed by atoms with E-state index in [9.17, 15) is 0 Å². The summed E-state index contributed by atoms with van der Waals surface area (Å²) in [6.45, 7) is 6.90. The normalized spacial score (nSPS) is 14.6. The first-order valence-corrected chi connectivity index (χ1v) is 8.50. The van der Waals surface area contributed by atoms with Gasteiger partial charge in [0.05, 0.1) is 14.2 Å². The van der Waals surface area contributed by atoms with Gasteiger partial charge in [0, 0.05) is 33.2 Å². The lowest BCUT2D eigenvalue weighted by atomic mass is 9.99. The zero-order valence-corrected chi connectivity index (χ0v) is 15.6. The van der Waals surface area contributed by atoms with Gasteiger partial charge in [-0.2, -0.15) is 0 Å². The van der Waals surface area contributed by atoms with Crippen LogP contribution in [-0.2, 0) is 13.0 Å². The number of methoxy groups -OCH3 is 2. The quantitative estimate of drug-likeness (QED) is 0.632. The Kier molecular flexibility index (Phi) is 6.73. The summed E-state index contributed by atoms with van der Waals surface area (Å²) in [6.07, 6.45) is 0.977. The largest absolute Gasteiger partial charge is 0.493 e. The van der Waals surface area contributed by atoms with Crippen LogP contribution in [0.25, 0.3) is 0 Å². The van der Waals surface area contributed by atoms with Crippen LogP contribution in [0.1, 0.15) is 18.1 Å². The summed E-state index contributed by atoms with van der Waals surface area (Å²) in [6, 6.07) is 4.18. The van der Waals surface area contributed by atoms with Gasteiger partial charge in [-0.05, 0) is 43.3 Å². The first kappa shape index (κ1) is 18.4. The second kappa shape index (κ2) is 8.78. The highest BCUT2D eigenvalue weighted by Crippen LogP contribution is 2.33. The molecule has 0 spiro atoms. The molecular formula is C18H30N4O2. The Morgan fingerprint density at radius 3 is 2.50 bits per heavy atom. The minimum absolute atomic E-state index is 0.783. The molecule has 1 aromatic rings. The molecule has 134 valence electrons. The Labute approximate surface area is 145 Å². The van der Waals surface area contributed by atoms with E-state index in [-0.39, 0.29) is 0 Å². The molecule has 2 rings (SSSR count). The third-order valence-electron chi connectivity index (χ3n) is 4.55. The average Bonchev–Trinajstić information content (AvgIpc) is 2.63. The lowest BCUT2D eigenvalue weighted by Crippen LogP contribution is -2.45. The number of likely N-dealkylation sites (N-methyl/N-ethyl adjacent to an activating group) is 1. The van der Waals surface area contributed by atoms with E-state index in [0.717, 1.165) is 56.6 Å². The van der Waals surface area contributed by atoms with Crippen molar-refractivity contribution in [1.82, 2.24) is 15.1 Å². The highest BCUT2D eigenvalue weighted by atomic mass is 16.5. The van der Waals surface area contributed by atoms with E-state index in [1.54, 1.807) is 14.2 Å². The van der Waals surface area contributed by atoms with Crippen molar-refractivity contribution in [2.45, 2.75) is 19.9 Å². The number of rotatable bonds is 6. The molecule has 0 saturated carbocycles. The van der Waals surface area contributed by atoms with Gasteiger partial charge in [-0.1, -0.05) is 6.92 Å². The van der Waals surface area contributed by atoms with Crippen molar-refractivity contribution in [1.29, 1.82) is 0 Å². The fraction of sp³-hybridized carbons (Fsp3) is 0.611. The van der Waals surface area contributed by atoms with Crippen LogP contribution in [-0.4, -0.2) is 70.3 Å². The molecule has 0 bridgehead atoms. The van der Waals surface area contributed by atoms with Crippen molar-refractivity contribution in [3.8, 4) is 11.5 Å². The molecule has 0 saturated heterocycles. The highest BCUT2D eigenvalue weighted by molar-refractivity contribution is 5.80. The number of benzene rings is 1. The molecule has 24 heavy (non-hydrogen) atoms. The van der Waals surface area contributed by atoms with Crippen molar-refractivity contribution in [3.05, 3.63) is 23.3 Å². The van der Waals surface area contributed by atoms with Gasteiger partial charge in [-0.3, -0.25) is 4.99 Å². The van der Waals surface area contributed by atoms with Gasteiger partial charge < -0.3 is 24.6 Å². The summed E-state index contributed by atoms with van der Waals surface area (Å²) in [5, 5.41) is 3.46. The van der Waals surface area contributed by atoms with Crippen LogP contribution >= 0.6 is 0 Å². The highest BCUT2D eigenvalue weighted by Gasteiger charge is 2.21. The maximum atomic E-state index is 5.43. The van der Waals surface area contributed by atoms with Crippen LogP contribution in [0.5, 0.6) is 11.5 Å². The number of ether oxygens (including phenoxy) is 2. The molecule has 0 amide bonds. The summed E-state index contributed by atoms with van der Waals surface area (Å²) in [5.74, 6) is 2.54. The predicted molar refractivity (Wildman–Crippen MR) is 98.2 cm³/mol. The molecule has 1 N–H and O–H groups in total. The Bertz CT molecular complexity index is 574. The van der Waals surface area contributed by atoms with E-state index in [1.807, 2.05) is 7.05 Å². The summed E-state index contributed by atoms with van der Waals surface area (Å²) in [5.41, 5.74) is 2.59. The van der Waals surface area contributed by atoms with Crippen molar-refractivity contribution in [2.24, 2.45) is 4.99 Å². The van der Waals surface area contributed by atoms with Crippen LogP contribution in [0.4, 0.5) is 0 Å². The van der Waals surface area contributed by atoms with E-state index in [2.05, 4.69) is 46.2 Å². The zero-order valence-electron chi connectivity index (χ0n) is 15.6. The van der Waals surface area contributed by atoms with Crippen molar-refractivity contribution >= 4 is 5.96 Å². The van der Waals surface area contributed by atoms with Crippen LogP contribution < -0.4 is 14.8 Å². The van der Waals surface area contributed by atoms with Gasteiger partial charge in [0.15, 0.2) is 17.5 Å². The number of hydrogen-bond acceptors (Lipinski definition) is 4. The van der Waals surface area contributed by atoms with Crippen LogP contribution in [0, 0.1) is 0 Å². The number of nitrogens with zero attached hydrogens (tertiary/aromatic N) is 3. The number of fused-ring (bicyclic) bond motifs is 1. The first-order valence-electron chi connectivity index (χ1n) is 8.50. The molecule has 0 fully saturated rings. The lowest BCUT2D eigenvalue weighted by Gasteiger charge is -2.32. The van der Waals surface area contributed by atoms with Gasteiger partial charge in [0.2, 0.25) is 0 Å². The molecule has 6 nitrogen and oxygen atoms in total. The fourth-order valence-electron chi connectivity index (χ4n) is 2.91. The van der Waals surface area contributed by atoms with Crippen LogP contribution in [0.2, 0.25) is 0 Å². The molecule has 0 radical (unpaired) electrons. The Morgan fingerprint density at radius 2 is 1.92 bits per heavy atom. The van der Waals surface area contributed by atoms with E-state index in [1.165, 1.54) is 11.1 Å². The maximum absolute atomic E-state index is 5.43.